The Bertz CT molecular complexity index is 867. The highest BCUT2D eigenvalue weighted by atomic mass is 79.9. The number of ether oxygens (including phenoxy) is 1. The summed E-state index contributed by atoms with van der Waals surface area (Å²) in [5, 5.41) is 14.4. The van der Waals surface area contributed by atoms with Gasteiger partial charge in [0.15, 0.2) is 0 Å². The van der Waals surface area contributed by atoms with Crippen molar-refractivity contribution in [2.24, 2.45) is 0 Å². The predicted octanol–water partition coefficient (Wildman–Crippen LogP) is 3.12. The average Bonchev–Trinajstić information content (AvgIpc) is 3.20. The molecule has 10 heteroatoms. The van der Waals surface area contributed by atoms with Crippen molar-refractivity contribution in [1.29, 1.82) is 0 Å². The molecule has 3 aromatic rings. The minimum absolute atomic E-state index is 0.122. The number of rotatable bonds is 4. The lowest BCUT2D eigenvalue weighted by molar-refractivity contribution is 0.170. The van der Waals surface area contributed by atoms with E-state index in [-0.39, 0.29) is 6.10 Å². The minimum Gasteiger partial charge on any atom is -0.489 e. The van der Waals surface area contributed by atoms with Crippen molar-refractivity contribution in [3.63, 3.8) is 0 Å². The minimum atomic E-state index is 0.122. The molecule has 2 aromatic heterocycles. The van der Waals surface area contributed by atoms with Crippen LogP contribution in [0.4, 0.5) is 5.95 Å². The van der Waals surface area contributed by atoms with Gasteiger partial charge in [-0.3, -0.25) is 0 Å². The zero-order valence-corrected chi connectivity index (χ0v) is 16.0. The van der Waals surface area contributed by atoms with Gasteiger partial charge in [0.1, 0.15) is 11.9 Å². The summed E-state index contributed by atoms with van der Waals surface area (Å²) >= 11 is 9.65. The maximum Gasteiger partial charge on any atom is 0.225 e. The summed E-state index contributed by atoms with van der Waals surface area (Å²) < 4.78 is 7.01. The van der Waals surface area contributed by atoms with Crippen molar-refractivity contribution in [2.45, 2.75) is 18.9 Å². The molecule has 0 aliphatic carbocycles. The van der Waals surface area contributed by atoms with Gasteiger partial charge in [-0.05, 0) is 23.4 Å². The van der Waals surface area contributed by atoms with E-state index in [1.807, 2.05) is 18.2 Å². The average molecular weight is 437 g/mol. The fourth-order valence-corrected chi connectivity index (χ4v) is 3.31. The molecule has 1 aliphatic rings. The number of piperidine rings is 1. The Morgan fingerprint density at radius 2 is 1.96 bits per heavy atom. The van der Waals surface area contributed by atoms with Crippen LogP contribution in [0.15, 0.2) is 35.1 Å². The van der Waals surface area contributed by atoms with Crippen molar-refractivity contribution in [1.82, 2.24) is 30.6 Å². The normalized spacial score (nSPS) is 15.2. The maximum atomic E-state index is 6.20. The van der Waals surface area contributed by atoms with Gasteiger partial charge in [0.25, 0.3) is 0 Å². The van der Waals surface area contributed by atoms with Crippen molar-refractivity contribution >= 4 is 33.5 Å². The first-order valence-electron chi connectivity index (χ1n) is 8.11. The number of nitrogens with one attached hydrogen (secondary N) is 1. The van der Waals surface area contributed by atoms with Crippen LogP contribution >= 0.6 is 27.5 Å². The summed E-state index contributed by atoms with van der Waals surface area (Å²) in [4.78, 5) is 11.0. The lowest BCUT2D eigenvalue weighted by Gasteiger charge is -2.32. The molecule has 4 rings (SSSR count). The Hall–Kier alpha value is -2.26. The first-order chi connectivity index (χ1) is 12.7. The summed E-state index contributed by atoms with van der Waals surface area (Å²) in [6, 6.07) is 5.62. The van der Waals surface area contributed by atoms with Gasteiger partial charge in [-0.15, -0.1) is 10.2 Å². The van der Waals surface area contributed by atoms with Crippen LogP contribution in [0.3, 0.4) is 0 Å². The molecule has 0 atom stereocenters. The third-order valence-corrected chi connectivity index (χ3v) is 4.96. The highest BCUT2D eigenvalue weighted by Gasteiger charge is 2.23. The van der Waals surface area contributed by atoms with Crippen LogP contribution in [-0.4, -0.2) is 49.8 Å². The molecular weight excluding hydrogens is 422 g/mol. The number of halogens is 2. The second-order valence-corrected chi connectivity index (χ2v) is 7.21. The topological polar surface area (TPSA) is 92.7 Å². The number of hydrogen-bond donors (Lipinski definition) is 1. The summed E-state index contributed by atoms with van der Waals surface area (Å²) in [5.74, 6) is 1.88. The summed E-state index contributed by atoms with van der Waals surface area (Å²) in [6.45, 7) is 1.63. The number of tetrazole rings is 1. The van der Waals surface area contributed by atoms with Crippen LogP contribution in [0.2, 0.25) is 5.02 Å². The second-order valence-electron chi connectivity index (χ2n) is 5.89. The van der Waals surface area contributed by atoms with E-state index in [0.29, 0.717) is 22.5 Å². The summed E-state index contributed by atoms with van der Waals surface area (Å²) in [5.41, 5.74) is 0.727. The smallest absolute Gasteiger partial charge is 0.225 e. The van der Waals surface area contributed by atoms with E-state index in [1.54, 1.807) is 12.4 Å². The molecule has 0 amide bonds. The number of anilines is 1. The van der Waals surface area contributed by atoms with Crippen molar-refractivity contribution in [2.75, 3.05) is 18.0 Å². The molecule has 0 radical (unpaired) electrons. The number of hydrogen-bond acceptors (Lipinski definition) is 7. The van der Waals surface area contributed by atoms with E-state index in [1.165, 1.54) is 0 Å². The Balaban J connectivity index is 1.37. The fourth-order valence-electron chi connectivity index (χ4n) is 2.80. The van der Waals surface area contributed by atoms with Crippen LogP contribution in [0.25, 0.3) is 11.4 Å². The van der Waals surface area contributed by atoms with E-state index < -0.39 is 0 Å². The molecule has 1 aromatic carbocycles. The van der Waals surface area contributed by atoms with Crippen LogP contribution < -0.4 is 9.64 Å². The standard InChI is InChI=1S/C16H15BrClN7O/c17-11-1-2-13(18)14(7-11)26-12-3-5-25(6-4-12)16-19-8-10(9-20-16)15-21-23-24-22-15/h1-2,7-9,12H,3-6H2,(H,21,22,23,24). The number of aromatic amines is 1. The third kappa shape index (κ3) is 3.78. The fraction of sp³-hybridized carbons (Fsp3) is 0.312. The van der Waals surface area contributed by atoms with E-state index in [4.69, 9.17) is 16.3 Å². The first kappa shape index (κ1) is 17.2. The molecule has 3 heterocycles. The monoisotopic (exact) mass is 435 g/mol. The Labute approximate surface area is 163 Å². The highest BCUT2D eigenvalue weighted by Crippen LogP contribution is 2.30. The lowest BCUT2D eigenvalue weighted by Crippen LogP contribution is -2.39. The van der Waals surface area contributed by atoms with Crippen LogP contribution in [0, 0.1) is 0 Å². The van der Waals surface area contributed by atoms with Gasteiger partial charge >= 0.3 is 0 Å². The summed E-state index contributed by atoms with van der Waals surface area (Å²) in [7, 11) is 0. The summed E-state index contributed by atoms with van der Waals surface area (Å²) in [6.07, 6.45) is 5.28. The van der Waals surface area contributed by atoms with Gasteiger partial charge in [0.2, 0.25) is 11.8 Å². The maximum absolute atomic E-state index is 6.20. The molecule has 0 spiro atoms. The zero-order chi connectivity index (χ0) is 17.9. The Kier molecular flexibility index (Phi) is 4.98. The van der Waals surface area contributed by atoms with Gasteiger partial charge in [-0.2, -0.15) is 5.21 Å². The molecule has 134 valence electrons. The second kappa shape index (κ2) is 7.55. The van der Waals surface area contributed by atoms with Crippen molar-refractivity contribution in [3.8, 4) is 17.1 Å². The number of nitrogens with zero attached hydrogens (tertiary/aromatic N) is 6. The molecule has 1 fully saturated rings. The molecule has 1 saturated heterocycles. The van der Waals surface area contributed by atoms with Crippen LogP contribution in [0.1, 0.15) is 12.8 Å². The van der Waals surface area contributed by atoms with E-state index in [9.17, 15) is 0 Å². The van der Waals surface area contributed by atoms with Gasteiger partial charge < -0.3 is 9.64 Å². The van der Waals surface area contributed by atoms with E-state index in [2.05, 4.69) is 51.4 Å². The van der Waals surface area contributed by atoms with E-state index in [0.717, 1.165) is 36.0 Å². The largest absolute Gasteiger partial charge is 0.489 e. The Morgan fingerprint density at radius 1 is 1.19 bits per heavy atom. The molecule has 0 saturated carbocycles. The quantitative estimate of drug-likeness (QED) is 0.671. The molecule has 0 unspecified atom stereocenters. The van der Waals surface area contributed by atoms with Gasteiger partial charge in [-0.1, -0.05) is 27.5 Å². The number of aromatic nitrogens is 6. The zero-order valence-electron chi connectivity index (χ0n) is 13.6. The number of benzene rings is 1. The van der Waals surface area contributed by atoms with Gasteiger partial charge in [0, 0.05) is 42.8 Å². The van der Waals surface area contributed by atoms with E-state index >= 15 is 0 Å². The van der Waals surface area contributed by atoms with Gasteiger partial charge in [0.05, 0.1) is 10.6 Å². The van der Waals surface area contributed by atoms with Gasteiger partial charge in [-0.25, -0.2) is 9.97 Å². The lowest BCUT2D eigenvalue weighted by atomic mass is 10.1. The highest BCUT2D eigenvalue weighted by molar-refractivity contribution is 9.10. The Morgan fingerprint density at radius 3 is 2.65 bits per heavy atom. The van der Waals surface area contributed by atoms with Crippen molar-refractivity contribution < 1.29 is 4.74 Å². The molecule has 26 heavy (non-hydrogen) atoms. The predicted molar refractivity (Wildman–Crippen MR) is 100 cm³/mol. The van der Waals surface area contributed by atoms with Crippen LogP contribution in [-0.2, 0) is 0 Å². The molecule has 0 bridgehead atoms. The van der Waals surface area contributed by atoms with Crippen LogP contribution in [0.5, 0.6) is 5.75 Å². The molecule has 1 aliphatic heterocycles. The third-order valence-electron chi connectivity index (χ3n) is 4.15. The molecule has 1 N–H and O–H groups in total. The SMILES string of the molecule is Clc1ccc(Br)cc1OC1CCN(c2ncc(-c3nn[nH]n3)cn2)CC1. The molecule has 8 nitrogen and oxygen atoms in total. The van der Waals surface area contributed by atoms with Crippen molar-refractivity contribution in [3.05, 3.63) is 40.1 Å². The number of H-pyrrole nitrogens is 1. The first-order valence-corrected chi connectivity index (χ1v) is 9.28. The molecular formula is C16H15BrClN7O.